The maximum atomic E-state index is 10.9. The topological polar surface area (TPSA) is 139 Å². The number of aromatic nitrogens is 2. The van der Waals surface area contributed by atoms with E-state index in [0.717, 1.165) is 0 Å². The van der Waals surface area contributed by atoms with Gasteiger partial charge in [0.25, 0.3) is 11.5 Å². The Balaban J connectivity index is 3.51. The first-order chi connectivity index (χ1) is 6.06. The molecule has 0 aromatic carbocycles. The lowest BCUT2D eigenvalue weighted by Gasteiger charge is -1.98. The number of rotatable bonds is 1. The van der Waals surface area contributed by atoms with Crippen molar-refractivity contribution in [3.63, 3.8) is 0 Å². The minimum absolute atomic E-state index is 0.239. The molecule has 5 N–H and O–H groups in total. The molecule has 0 aliphatic rings. The highest BCUT2D eigenvalue weighted by atomic mass is 16.1. The van der Waals surface area contributed by atoms with E-state index in [1.54, 1.807) is 0 Å². The van der Waals surface area contributed by atoms with Crippen LogP contribution in [0.5, 0.6) is 0 Å². The van der Waals surface area contributed by atoms with Gasteiger partial charge in [-0.2, -0.15) is 5.26 Å². The summed E-state index contributed by atoms with van der Waals surface area (Å²) in [5.41, 5.74) is 8.60. The summed E-state index contributed by atoms with van der Waals surface area (Å²) in [5, 5.41) is 8.39. The molecule has 13 heavy (non-hydrogen) atoms. The van der Waals surface area contributed by atoms with E-state index in [1.165, 1.54) is 6.07 Å². The molecule has 1 aromatic rings. The normalized spacial score (nSPS) is 9.15. The zero-order chi connectivity index (χ0) is 10.0. The molecule has 0 saturated heterocycles. The molecule has 0 spiro atoms. The highest BCUT2D eigenvalue weighted by Gasteiger charge is 2.11. The molecular weight excluding hydrogens is 174 g/mol. The standard InChI is InChI=1S/C6H5N5O2/c7-1-2-6(13)11-4(8)3(10-2)5(9)12/h(H2,9,12)(H3,8,11,13). The minimum atomic E-state index is -0.898. The molecule has 0 aliphatic heterocycles. The maximum Gasteiger partial charge on any atom is 0.286 e. The summed E-state index contributed by atoms with van der Waals surface area (Å²) in [6.07, 6.45) is 0. The van der Waals surface area contributed by atoms with Gasteiger partial charge in [0.1, 0.15) is 11.9 Å². The highest BCUT2D eigenvalue weighted by Crippen LogP contribution is 2.00. The maximum absolute atomic E-state index is 10.9. The molecule has 0 atom stereocenters. The fourth-order valence-electron chi connectivity index (χ4n) is 0.727. The van der Waals surface area contributed by atoms with Crippen molar-refractivity contribution >= 4 is 11.7 Å². The van der Waals surface area contributed by atoms with Gasteiger partial charge in [0.2, 0.25) is 5.69 Å². The first kappa shape index (κ1) is 8.73. The van der Waals surface area contributed by atoms with Crippen LogP contribution in [0.4, 0.5) is 5.82 Å². The SMILES string of the molecule is N#Cc1nc(C(N)=O)c(N)[nH]c1=O. The summed E-state index contributed by atoms with van der Waals surface area (Å²) < 4.78 is 0. The molecule has 7 nitrogen and oxygen atoms in total. The summed E-state index contributed by atoms with van der Waals surface area (Å²) >= 11 is 0. The Morgan fingerprint density at radius 3 is 2.69 bits per heavy atom. The van der Waals surface area contributed by atoms with Crippen molar-refractivity contribution in [3.8, 4) is 6.07 Å². The van der Waals surface area contributed by atoms with Crippen LogP contribution in [0.15, 0.2) is 4.79 Å². The predicted molar refractivity (Wildman–Crippen MR) is 42.5 cm³/mol. The van der Waals surface area contributed by atoms with E-state index in [-0.39, 0.29) is 11.5 Å². The molecule has 0 unspecified atom stereocenters. The third-order valence-corrected chi connectivity index (χ3v) is 1.28. The molecule has 1 amide bonds. The number of anilines is 1. The van der Waals surface area contributed by atoms with Gasteiger partial charge in [-0.25, -0.2) is 4.98 Å². The van der Waals surface area contributed by atoms with Gasteiger partial charge in [-0.1, -0.05) is 0 Å². The van der Waals surface area contributed by atoms with Crippen molar-refractivity contribution in [2.75, 3.05) is 5.73 Å². The number of nitrogen functional groups attached to an aromatic ring is 1. The van der Waals surface area contributed by atoms with Crippen molar-refractivity contribution < 1.29 is 4.79 Å². The van der Waals surface area contributed by atoms with Crippen LogP contribution in [0.2, 0.25) is 0 Å². The number of nitrogens with one attached hydrogen (secondary N) is 1. The van der Waals surface area contributed by atoms with Gasteiger partial charge in [0, 0.05) is 0 Å². The van der Waals surface area contributed by atoms with E-state index in [0.29, 0.717) is 0 Å². The summed E-state index contributed by atoms with van der Waals surface area (Å²) in [7, 11) is 0. The van der Waals surface area contributed by atoms with E-state index in [9.17, 15) is 9.59 Å². The molecule has 7 heteroatoms. The van der Waals surface area contributed by atoms with E-state index in [1.807, 2.05) is 0 Å². The lowest BCUT2D eigenvalue weighted by atomic mass is 10.3. The van der Waals surface area contributed by atoms with E-state index < -0.39 is 17.2 Å². The number of hydrogen-bond acceptors (Lipinski definition) is 5. The summed E-state index contributed by atoms with van der Waals surface area (Å²) in [6.45, 7) is 0. The van der Waals surface area contributed by atoms with E-state index >= 15 is 0 Å². The Morgan fingerprint density at radius 1 is 1.62 bits per heavy atom. The fourth-order valence-corrected chi connectivity index (χ4v) is 0.727. The van der Waals surface area contributed by atoms with E-state index in [2.05, 4.69) is 9.97 Å². The molecule has 0 saturated carbocycles. The Hall–Kier alpha value is -2.36. The second-order valence-electron chi connectivity index (χ2n) is 2.15. The molecule has 0 bridgehead atoms. The number of H-pyrrole nitrogens is 1. The van der Waals surface area contributed by atoms with Crippen molar-refractivity contribution in [2.45, 2.75) is 0 Å². The number of nitriles is 1. The molecule has 0 radical (unpaired) electrons. The van der Waals surface area contributed by atoms with Gasteiger partial charge in [-0.15, -0.1) is 0 Å². The van der Waals surface area contributed by atoms with Crippen molar-refractivity contribution in [2.24, 2.45) is 5.73 Å². The largest absolute Gasteiger partial charge is 0.383 e. The third kappa shape index (κ3) is 1.46. The summed E-state index contributed by atoms with van der Waals surface area (Å²) in [4.78, 5) is 27.0. The van der Waals surface area contributed by atoms with Crippen LogP contribution >= 0.6 is 0 Å². The molecule has 1 aromatic heterocycles. The van der Waals surface area contributed by atoms with Gasteiger partial charge in [0.05, 0.1) is 0 Å². The van der Waals surface area contributed by atoms with Crippen molar-refractivity contribution in [1.82, 2.24) is 9.97 Å². The Bertz CT molecular complexity index is 455. The van der Waals surface area contributed by atoms with Crippen LogP contribution in [0.3, 0.4) is 0 Å². The van der Waals surface area contributed by atoms with Gasteiger partial charge < -0.3 is 16.5 Å². The predicted octanol–water partition coefficient (Wildman–Crippen LogP) is -1.68. The molecular formula is C6H5N5O2. The Morgan fingerprint density at radius 2 is 2.23 bits per heavy atom. The van der Waals surface area contributed by atoms with Crippen LogP contribution < -0.4 is 17.0 Å². The molecule has 0 aliphatic carbocycles. The number of nitrogens with two attached hydrogens (primary N) is 2. The number of nitrogens with zero attached hydrogens (tertiary/aromatic N) is 2. The number of carbonyl (C=O) groups is 1. The van der Waals surface area contributed by atoms with Crippen LogP contribution in [-0.4, -0.2) is 15.9 Å². The lowest BCUT2D eigenvalue weighted by molar-refractivity contribution is 0.0996. The lowest BCUT2D eigenvalue weighted by Crippen LogP contribution is -2.23. The monoisotopic (exact) mass is 179 g/mol. The van der Waals surface area contributed by atoms with Gasteiger partial charge >= 0.3 is 0 Å². The molecule has 0 fully saturated rings. The van der Waals surface area contributed by atoms with Crippen LogP contribution in [0.1, 0.15) is 16.2 Å². The first-order valence-electron chi connectivity index (χ1n) is 3.16. The number of amides is 1. The average Bonchev–Trinajstić information content (AvgIpc) is 2.03. The zero-order valence-corrected chi connectivity index (χ0v) is 6.37. The molecule has 66 valence electrons. The van der Waals surface area contributed by atoms with Crippen LogP contribution in [0, 0.1) is 11.3 Å². The Labute approximate surface area is 72.0 Å². The quantitative estimate of drug-likeness (QED) is 0.472. The fraction of sp³-hybridized carbons (Fsp3) is 0. The summed E-state index contributed by atoms with van der Waals surface area (Å²) in [6, 6.07) is 1.50. The molecule has 1 rings (SSSR count). The smallest absolute Gasteiger partial charge is 0.286 e. The van der Waals surface area contributed by atoms with Gasteiger partial charge in [-0.3, -0.25) is 9.59 Å². The number of carbonyl (C=O) groups excluding carboxylic acids is 1. The van der Waals surface area contributed by atoms with Crippen LogP contribution in [0.25, 0.3) is 0 Å². The van der Waals surface area contributed by atoms with Crippen molar-refractivity contribution in [1.29, 1.82) is 5.26 Å². The second kappa shape index (κ2) is 2.94. The van der Waals surface area contributed by atoms with Gasteiger partial charge in [-0.05, 0) is 0 Å². The molecule has 1 heterocycles. The van der Waals surface area contributed by atoms with Crippen molar-refractivity contribution in [3.05, 3.63) is 21.7 Å². The Kier molecular flexibility index (Phi) is 1.98. The first-order valence-corrected chi connectivity index (χ1v) is 3.16. The average molecular weight is 179 g/mol. The second-order valence-corrected chi connectivity index (χ2v) is 2.15. The summed E-state index contributed by atoms with van der Waals surface area (Å²) in [5.74, 6) is -1.14. The highest BCUT2D eigenvalue weighted by molar-refractivity contribution is 5.94. The van der Waals surface area contributed by atoms with E-state index in [4.69, 9.17) is 16.7 Å². The number of primary amides is 1. The number of aromatic amines is 1. The zero-order valence-electron chi connectivity index (χ0n) is 6.37. The van der Waals surface area contributed by atoms with Gasteiger partial charge in [0.15, 0.2) is 5.69 Å². The number of hydrogen-bond donors (Lipinski definition) is 3. The third-order valence-electron chi connectivity index (χ3n) is 1.28. The van der Waals surface area contributed by atoms with Crippen LogP contribution in [-0.2, 0) is 0 Å². The minimum Gasteiger partial charge on any atom is -0.383 e.